The highest BCUT2D eigenvalue weighted by Gasteiger charge is 2.18. The fourth-order valence-electron chi connectivity index (χ4n) is 2.43. The average Bonchev–Trinajstić information content (AvgIpc) is 2.81. The Balaban J connectivity index is 2.12. The molecule has 0 fully saturated rings. The predicted octanol–water partition coefficient (Wildman–Crippen LogP) is 4.25. The van der Waals surface area contributed by atoms with Gasteiger partial charge in [-0.1, -0.05) is 0 Å². The number of hydrogen-bond donors (Lipinski definition) is 1. The van der Waals surface area contributed by atoms with Gasteiger partial charge in [0, 0.05) is 21.8 Å². The van der Waals surface area contributed by atoms with E-state index < -0.39 is 0 Å². The minimum Gasteiger partial charge on any atom is -0.301 e. The number of thiazole rings is 2. The van der Waals surface area contributed by atoms with Crippen molar-refractivity contribution in [3.05, 3.63) is 31.2 Å². The fraction of sp³-hybridized carbons (Fsp3) is 0.571. The molecule has 0 aliphatic carbocycles. The summed E-state index contributed by atoms with van der Waals surface area (Å²) in [6, 6.07) is 0.573. The third-order valence-corrected chi connectivity index (χ3v) is 5.34. The van der Waals surface area contributed by atoms with E-state index in [1.807, 2.05) is 0 Å². The van der Waals surface area contributed by atoms with Gasteiger partial charge in [0.1, 0.15) is 0 Å². The van der Waals surface area contributed by atoms with Crippen molar-refractivity contribution in [2.75, 3.05) is 0 Å². The molecule has 2 heterocycles. The van der Waals surface area contributed by atoms with Crippen LogP contribution in [0.2, 0.25) is 0 Å². The molecule has 2 rings (SSSR count). The van der Waals surface area contributed by atoms with Crippen LogP contribution >= 0.6 is 22.7 Å². The SMILES string of the molecule is Cc1nc(C(C)NC(C)c2sc(C)nc2C)c(C)s1. The first-order valence-electron chi connectivity index (χ1n) is 6.52. The standard InChI is InChI=1S/C14H21N3S2/c1-7(13-10(4)18-12(6)17-13)15-8(2)14-9(3)16-11(5)19-14/h7-8,15H,1-6H3. The maximum Gasteiger partial charge on any atom is 0.0900 e. The highest BCUT2D eigenvalue weighted by Crippen LogP contribution is 2.28. The van der Waals surface area contributed by atoms with Crippen molar-refractivity contribution < 1.29 is 0 Å². The monoisotopic (exact) mass is 295 g/mol. The number of nitrogens with one attached hydrogen (secondary N) is 1. The molecule has 2 aromatic heterocycles. The van der Waals surface area contributed by atoms with Crippen molar-refractivity contribution in [3.63, 3.8) is 0 Å². The van der Waals surface area contributed by atoms with E-state index in [-0.39, 0.29) is 6.04 Å². The quantitative estimate of drug-likeness (QED) is 0.916. The topological polar surface area (TPSA) is 37.8 Å². The van der Waals surface area contributed by atoms with Crippen LogP contribution in [-0.4, -0.2) is 9.97 Å². The summed E-state index contributed by atoms with van der Waals surface area (Å²) in [6.45, 7) is 12.7. The maximum atomic E-state index is 4.63. The van der Waals surface area contributed by atoms with Gasteiger partial charge in [0.15, 0.2) is 0 Å². The Labute approximate surface area is 123 Å². The Morgan fingerprint density at radius 3 is 2.00 bits per heavy atom. The van der Waals surface area contributed by atoms with E-state index in [9.17, 15) is 0 Å². The van der Waals surface area contributed by atoms with Crippen LogP contribution in [0.1, 0.15) is 57.1 Å². The van der Waals surface area contributed by atoms with Gasteiger partial charge in [-0.05, 0) is 41.5 Å². The van der Waals surface area contributed by atoms with Crippen LogP contribution in [0.3, 0.4) is 0 Å². The molecule has 0 spiro atoms. The Hall–Kier alpha value is -0.780. The smallest absolute Gasteiger partial charge is 0.0900 e. The molecular formula is C14H21N3S2. The molecule has 1 N–H and O–H groups in total. The molecule has 0 radical (unpaired) electrons. The van der Waals surface area contributed by atoms with Crippen molar-refractivity contribution in [2.24, 2.45) is 0 Å². The lowest BCUT2D eigenvalue weighted by atomic mass is 10.1. The molecule has 0 aromatic carbocycles. The van der Waals surface area contributed by atoms with Gasteiger partial charge in [-0.25, -0.2) is 9.97 Å². The summed E-state index contributed by atoms with van der Waals surface area (Å²) in [5.74, 6) is 0. The van der Waals surface area contributed by atoms with Crippen molar-refractivity contribution in [1.29, 1.82) is 0 Å². The molecule has 104 valence electrons. The molecule has 5 heteroatoms. The third kappa shape index (κ3) is 3.22. The summed E-state index contributed by atoms with van der Waals surface area (Å²) in [4.78, 5) is 11.8. The number of hydrogen-bond acceptors (Lipinski definition) is 5. The molecule has 0 bridgehead atoms. The minimum absolute atomic E-state index is 0.266. The normalized spacial score (nSPS) is 14.6. The second-order valence-electron chi connectivity index (χ2n) is 4.97. The van der Waals surface area contributed by atoms with E-state index in [2.05, 4.69) is 56.8 Å². The minimum atomic E-state index is 0.266. The van der Waals surface area contributed by atoms with Gasteiger partial charge >= 0.3 is 0 Å². The van der Waals surface area contributed by atoms with E-state index in [4.69, 9.17) is 0 Å². The van der Waals surface area contributed by atoms with E-state index >= 15 is 0 Å². The van der Waals surface area contributed by atoms with Crippen LogP contribution in [0.4, 0.5) is 0 Å². The predicted molar refractivity (Wildman–Crippen MR) is 83.1 cm³/mol. The van der Waals surface area contributed by atoms with Crippen LogP contribution in [0.25, 0.3) is 0 Å². The van der Waals surface area contributed by atoms with Crippen molar-refractivity contribution in [3.8, 4) is 0 Å². The first-order valence-corrected chi connectivity index (χ1v) is 8.15. The second-order valence-corrected chi connectivity index (χ2v) is 7.61. The molecule has 2 atom stereocenters. The number of rotatable bonds is 4. The zero-order valence-corrected chi connectivity index (χ0v) is 14.0. The summed E-state index contributed by atoms with van der Waals surface area (Å²) < 4.78 is 0. The summed E-state index contributed by atoms with van der Waals surface area (Å²) >= 11 is 3.54. The number of nitrogens with zero attached hydrogens (tertiary/aromatic N) is 2. The van der Waals surface area contributed by atoms with Gasteiger partial charge in [0.05, 0.1) is 21.4 Å². The average molecular weight is 295 g/mol. The molecule has 0 amide bonds. The Morgan fingerprint density at radius 1 is 0.895 bits per heavy atom. The van der Waals surface area contributed by atoms with Crippen LogP contribution < -0.4 is 5.32 Å². The molecule has 0 saturated heterocycles. The van der Waals surface area contributed by atoms with Crippen molar-refractivity contribution >= 4 is 22.7 Å². The first kappa shape index (κ1) is 14.6. The van der Waals surface area contributed by atoms with Gasteiger partial charge < -0.3 is 5.32 Å². The summed E-state index contributed by atoms with van der Waals surface area (Å²) in [6.07, 6.45) is 0. The zero-order chi connectivity index (χ0) is 14.2. The molecule has 0 aliphatic heterocycles. The van der Waals surface area contributed by atoms with Crippen molar-refractivity contribution in [1.82, 2.24) is 15.3 Å². The summed E-state index contributed by atoms with van der Waals surface area (Å²) in [7, 11) is 0. The second kappa shape index (κ2) is 5.69. The molecule has 0 aliphatic rings. The summed E-state index contributed by atoms with van der Waals surface area (Å²) in [5, 5.41) is 5.91. The lowest BCUT2D eigenvalue weighted by Gasteiger charge is -2.18. The van der Waals surface area contributed by atoms with E-state index in [1.165, 1.54) is 15.4 Å². The highest BCUT2D eigenvalue weighted by atomic mass is 32.1. The van der Waals surface area contributed by atoms with E-state index in [0.29, 0.717) is 6.04 Å². The largest absolute Gasteiger partial charge is 0.301 e. The van der Waals surface area contributed by atoms with Gasteiger partial charge in [-0.2, -0.15) is 0 Å². The van der Waals surface area contributed by atoms with Crippen LogP contribution in [0.5, 0.6) is 0 Å². The highest BCUT2D eigenvalue weighted by molar-refractivity contribution is 7.12. The Morgan fingerprint density at radius 2 is 1.53 bits per heavy atom. The number of aryl methyl sites for hydroxylation is 4. The van der Waals surface area contributed by atoms with Gasteiger partial charge in [0.2, 0.25) is 0 Å². The van der Waals surface area contributed by atoms with Crippen LogP contribution in [0.15, 0.2) is 0 Å². The van der Waals surface area contributed by atoms with Gasteiger partial charge in [0.25, 0.3) is 0 Å². The first-order chi connectivity index (χ1) is 8.88. The number of aromatic nitrogens is 2. The Bertz CT molecular complexity index is 521. The lowest BCUT2D eigenvalue weighted by Crippen LogP contribution is -2.23. The van der Waals surface area contributed by atoms with Gasteiger partial charge in [-0.15, -0.1) is 22.7 Å². The van der Waals surface area contributed by atoms with Gasteiger partial charge in [-0.3, -0.25) is 0 Å². The summed E-state index contributed by atoms with van der Waals surface area (Å²) in [5.41, 5.74) is 2.31. The maximum absolute atomic E-state index is 4.63. The van der Waals surface area contributed by atoms with Crippen LogP contribution in [0, 0.1) is 27.7 Å². The molecule has 0 saturated carbocycles. The molecule has 2 aromatic rings. The van der Waals surface area contributed by atoms with Crippen LogP contribution in [-0.2, 0) is 0 Å². The lowest BCUT2D eigenvalue weighted by molar-refractivity contribution is 0.489. The third-order valence-electron chi connectivity index (χ3n) is 3.18. The van der Waals surface area contributed by atoms with Crippen molar-refractivity contribution in [2.45, 2.75) is 53.6 Å². The van der Waals surface area contributed by atoms with E-state index in [0.717, 1.165) is 15.7 Å². The fourth-order valence-corrected chi connectivity index (χ4v) is 4.28. The molecule has 2 unspecified atom stereocenters. The Kier molecular flexibility index (Phi) is 4.38. The molecular weight excluding hydrogens is 274 g/mol. The van der Waals surface area contributed by atoms with E-state index in [1.54, 1.807) is 22.7 Å². The molecule has 3 nitrogen and oxygen atoms in total. The molecule has 19 heavy (non-hydrogen) atoms. The zero-order valence-electron chi connectivity index (χ0n) is 12.4.